The van der Waals surface area contributed by atoms with Crippen LogP contribution in [0, 0.1) is 13.8 Å². The van der Waals surface area contributed by atoms with E-state index < -0.39 is 5.41 Å². The van der Waals surface area contributed by atoms with Crippen LogP contribution in [-0.4, -0.2) is 103 Å². The highest BCUT2D eigenvalue weighted by atomic mass is 79.9. The summed E-state index contributed by atoms with van der Waals surface area (Å²) in [5.41, 5.74) is 8.94. The Morgan fingerprint density at radius 3 is 1.60 bits per heavy atom. The van der Waals surface area contributed by atoms with Crippen molar-refractivity contribution < 1.29 is 47.9 Å². The number of aliphatic hydroxyl groups is 1. The topological polar surface area (TPSA) is 119 Å². The van der Waals surface area contributed by atoms with Crippen LogP contribution in [-0.2, 0) is 40.4 Å². The van der Waals surface area contributed by atoms with Crippen LogP contribution in [0.3, 0.4) is 0 Å². The lowest BCUT2D eigenvalue weighted by atomic mass is 9.66. The highest BCUT2D eigenvalue weighted by molar-refractivity contribution is 9.10. The molecule has 5 rings (SSSR count). The predicted molar refractivity (Wildman–Crippen MR) is 226 cm³/mol. The molecule has 0 atom stereocenters. The molecule has 4 aromatic carbocycles. The predicted octanol–water partition coefficient (Wildman–Crippen LogP) is 8.20. The van der Waals surface area contributed by atoms with E-state index in [-0.39, 0.29) is 38.0 Å². The molecular weight excluding hydrogens is 860 g/mol. The van der Waals surface area contributed by atoms with Gasteiger partial charge < -0.3 is 38.3 Å². The molecule has 1 N–H and O–H groups in total. The van der Waals surface area contributed by atoms with E-state index in [2.05, 4.69) is 76.0 Å². The van der Waals surface area contributed by atoms with Gasteiger partial charge in [0.2, 0.25) is 0 Å². The first-order chi connectivity index (χ1) is 27.5. The Morgan fingerprint density at radius 2 is 1.07 bits per heavy atom. The highest BCUT2D eigenvalue weighted by Crippen LogP contribution is 2.58. The fraction of sp³-hybridized carbons (Fsp3) is 0.422. The van der Waals surface area contributed by atoms with Crippen LogP contribution in [0.25, 0.3) is 11.1 Å². The standard InChI is InChI=1S/C45H52Br2O10/c1-29-22-38-39-23-30(2)43(47)27-41(39)45(40(38)26-42(29)46,34-7-6-33(36(24-34)31(3)49)28-56-19-18-54-15-14-52-11-10-48)35-8-9-44(37(25-35)32(4)50)57-21-20-55-17-16-53-13-12-51-5/h6-9,22-27,48H,10-21,28H2,1-5H3. The van der Waals surface area contributed by atoms with Crippen molar-refractivity contribution >= 4 is 43.4 Å². The summed E-state index contributed by atoms with van der Waals surface area (Å²) in [5.74, 6) is 0.239. The number of hydrogen-bond acceptors (Lipinski definition) is 10. The average Bonchev–Trinajstić information content (AvgIpc) is 3.44. The lowest BCUT2D eigenvalue weighted by molar-refractivity contribution is 0.00443. The second-order valence-corrected chi connectivity index (χ2v) is 15.5. The molecule has 0 saturated carbocycles. The van der Waals surface area contributed by atoms with Gasteiger partial charge in [0.1, 0.15) is 12.4 Å². The zero-order valence-electron chi connectivity index (χ0n) is 33.3. The third-order valence-corrected chi connectivity index (χ3v) is 11.6. The minimum Gasteiger partial charge on any atom is -0.490 e. The Balaban J connectivity index is 1.55. The summed E-state index contributed by atoms with van der Waals surface area (Å²) >= 11 is 7.67. The Morgan fingerprint density at radius 1 is 0.596 bits per heavy atom. The van der Waals surface area contributed by atoms with E-state index >= 15 is 0 Å². The number of aliphatic hydroxyl groups excluding tert-OH is 1. The molecule has 12 heteroatoms. The molecule has 10 nitrogen and oxygen atoms in total. The average molecular weight is 913 g/mol. The second-order valence-electron chi connectivity index (χ2n) is 13.8. The minimum absolute atomic E-state index is 0.0279. The maximum absolute atomic E-state index is 13.4. The summed E-state index contributed by atoms with van der Waals surface area (Å²) in [6, 6.07) is 20.6. The lowest BCUT2D eigenvalue weighted by Crippen LogP contribution is -2.30. The van der Waals surface area contributed by atoms with Gasteiger partial charge in [-0.3, -0.25) is 9.59 Å². The van der Waals surface area contributed by atoms with Crippen LogP contribution >= 0.6 is 31.9 Å². The molecule has 4 aromatic rings. The van der Waals surface area contributed by atoms with Crippen LogP contribution in [0.4, 0.5) is 0 Å². The zero-order valence-corrected chi connectivity index (χ0v) is 36.5. The van der Waals surface area contributed by atoms with Gasteiger partial charge in [0, 0.05) is 21.6 Å². The fourth-order valence-corrected chi connectivity index (χ4v) is 7.84. The molecule has 0 fully saturated rings. The molecule has 57 heavy (non-hydrogen) atoms. The van der Waals surface area contributed by atoms with Gasteiger partial charge in [-0.2, -0.15) is 0 Å². The molecule has 1 aliphatic rings. The maximum atomic E-state index is 13.4. The number of hydrogen-bond donors (Lipinski definition) is 1. The summed E-state index contributed by atoms with van der Waals surface area (Å²) < 4.78 is 41.0. The summed E-state index contributed by atoms with van der Waals surface area (Å²) in [6.07, 6.45) is 0. The van der Waals surface area contributed by atoms with E-state index in [9.17, 15) is 9.59 Å². The van der Waals surface area contributed by atoms with Gasteiger partial charge in [0.15, 0.2) is 11.6 Å². The van der Waals surface area contributed by atoms with Crippen molar-refractivity contribution in [2.45, 2.75) is 39.7 Å². The molecule has 0 unspecified atom stereocenters. The first kappa shape index (κ1) is 44.8. The number of benzene rings is 4. The van der Waals surface area contributed by atoms with E-state index in [0.717, 1.165) is 59.0 Å². The lowest BCUT2D eigenvalue weighted by Gasteiger charge is -2.35. The molecule has 0 aromatic heterocycles. The van der Waals surface area contributed by atoms with Gasteiger partial charge >= 0.3 is 0 Å². The van der Waals surface area contributed by atoms with Gasteiger partial charge in [0.25, 0.3) is 0 Å². The number of rotatable bonds is 24. The number of Topliss-reactive ketones (excluding diaryl/α,β-unsaturated/α-hetero) is 2. The molecule has 0 aliphatic heterocycles. The Hall–Kier alpha value is -3.30. The van der Waals surface area contributed by atoms with Gasteiger partial charge in [-0.25, -0.2) is 0 Å². The summed E-state index contributed by atoms with van der Waals surface area (Å²) in [6.45, 7) is 11.7. The number of methoxy groups -OCH3 is 1. The maximum Gasteiger partial charge on any atom is 0.163 e. The molecule has 0 radical (unpaired) electrons. The Bertz CT molecular complexity index is 1870. The van der Waals surface area contributed by atoms with Gasteiger partial charge in [0.05, 0.1) is 90.3 Å². The number of ether oxygens (including phenoxy) is 7. The van der Waals surface area contributed by atoms with E-state index in [1.54, 1.807) is 21.0 Å². The molecule has 1 aliphatic carbocycles. The van der Waals surface area contributed by atoms with Crippen molar-refractivity contribution in [3.8, 4) is 16.9 Å². The monoisotopic (exact) mass is 910 g/mol. The van der Waals surface area contributed by atoms with Crippen molar-refractivity contribution in [2.75, 3.05) is 86.4 Å². The van der Waals surface area contributed by atoms with Crippen LogP contribution in [0.5, 0.6) is 5.75 Å². The summed E-state index contributed by atoms with van der Waals surface area (Å²) in [5, 5.41) is 8.86. The molecule has 306 valence electrons. The van der Waals surface area contributed by atoms with Crippen molar-refractivity contribution in [1.29, 1.82) is 0 Å². The number of aryl methyl sites for hydroxylation is 2. The van der Waals surface area contributed by atoms with E-state index in [1.807, 2.05) is 30.3 Å². The quantitative estimate of drug-likeness (QED) is 0.0480. The van der Waals surface area contributed by atoms with Gasteiger partial charge in [-0.15, -0.1) is 0 Å². The van der Waals surface area contributed by atoms with E-state index in [4.69, 9.17) is 38.3 Å². The molecule has 0 heterocycles. The second kappa shape index (κ2) is 21.6. The SMILES string of the molecule is COCCOCCOCCOc1ccc(C2(c3ccc(COCCOCCOCCO)c(C(C)=O)c3)c3cc(Br)c(C)cc3-c3cc(C)c(Br)cc32)cc1C(C)=O. The van der Waals surface area contributed by atoms with E-state index in [0.29, 0.717) is 76.3 Å². The molecule has 0 amide bonds. The van der Waals surface area contributed by atoms with E-state index in [1.165, 1.54) is 0 Å². The Kier molecular flexibility index (Phi) is 17.0. The van der Waals surface area contributed by atoms with Crippen LogP contribution in [0.2, 0.25) is 0 Å². The Labute approximate surface area is 352 Å². The van der Waals surface area contributed by atoms with Crippen molar-refractivity contribution in [3.63, 3.8) is 0 Å². The van der Waals surface area contributed by atoms with Crippen LogP contribution in [0.1, 0.15) is 73.5 Å². The van der Waals surface area contributed by atoms with Gasteiger partial charge in [-0.1, -0.05) is 50.1 Å². The number of halogens is 2. The first-order valence-corrected chi connectivity index (χ1v) is 20.7. The smallest absolute Gasteiger partial charge is 0.163 e. The molecule has 0 saturated heterocycles. The van der Waals surface area contributed by atoms with Gasteiger partial charge in [-0.05, 0) is 120 Å². The minimum atomic E-state index is -0.929. The number of carbonyl (C=O) groups excluding carboxylic acids is 2. The fourth-order valence-electron chi connectivity index (χ4n) is 7.15. The largest absolute Gasteiger partial charge is 0.490 e. The zero-order chi connectivity index (χ0) is 41.0. The van der Waals surface area contributed by atoms with Crippen LogP contribution < -0.4 is 4.74 Å². The third kappa shape index (κ3) is 10.7. The molecule has 0 spiro atoms. The number of ketones is 2. The number of fused-ring (bicyclic) bond motifs is 3. The third-order valence-electron chi connectivity index (χ3n) is 9.94. The molecular formula is C45H52Br2O10. The molecule has 0 bridgehead atoms. The van der Waals surface area contributed by atoms with Crippen molar-refractivity contribution in [1.82, 2.24) is 0 Å². The normalized spacial score (nSPS) is 12.8. The summed E-state index contributed by atoms with van der Waals surface area (Å²) in [7, 11) is 1.63. The summed E-state index contributed by atoms with van der Waals surface area (Å²) in [4.78, 5) is 26.8. The first-order valence-electron chi connectivity index (χ1n) is 19.1. The van der Waals surface area contributed by atoms with Crippen molar-refractivity contribution in [2.24, 2.45) is 0 Å². The van der Waals surface area contributed by atoms with Crippen LogP contribution in [0.15, 0.2) is 69.6 Å². The highest BCUT2D eigenvalue weighted by Gasteiger charge is 2.47. The number of carbonyl (C=O) groups is 2. The van der Waals surface area contributed by atoms with Crippen molar-refractivity contribution in [3.05, 3.63) is 120 Å².